The van der Waals surface area contributed by atoms with Crippen LogP contribution in [0.3, 0.4) is 0 Å². The number of hydrogen-bond acceptors (Lipinski definition) is 4. The van der Waals surface area contributed by atoms with Gasteiger partial charge in [0.2, 0.25) is 5.88 Å². The molecule has 5 nitrogen and oxygen atoms in total. The Hall–Kier alpha value is -1.78. The SMILES string of the molecule is COc1cn2ncc(O)c2cn1. The van der Waals surface area contributed by atoms with Crippen LogP contribution in [-0.2, 0) is 0 Å². The second kappa shape index (κ2) is 2.37. The zero-order valence-corrected chi connectivity index (χ0v) is 6.43. The number of aromatic hydroxyl groups is 1. The number of fused-ring (bicyclic) bond motifs is 1. The van der Waals surface area contributed by atoms with E-state index < -0.39 is 0 Å². The van der Waals surface area contributed by atoms with Gasteiger partial charge in [-0.1, -0.05) is 0 Å². The predicted molar refractivity (Wildman–Crippen MR) is 41.2 cm³/mol. The molecule has 0 amide bonds. The van der Waals surface area contributed by atoms with Crippen LogP contribution in [0.2, 0.25) is 0 Å². The summed E-state index contributed by atoms with van der Waals surface area (Å²) in [5.74, 6) is 0.579. The molecule has 2 heterocycles. The van der Waals surface area contributed by atoms with Crippen molar-refractivity contribution in [2.45, 2.75) is 0 Å². The smallest absolute Gasteiger partial charge is 0.232 e. The van der Waals surface area contributed by atoms with Crippen LogP contribution in [0.5, 0.6) is 11.6 Å². The number of ether oxygens (including phenoxy) is 1. The van der Waals surface area contributed by atoms with Gasteiger partial charge >= 0.3 is 0 Å². The number of methoxy groups -OCH3 is 1. The molecule has 2 aromatic heterocycles. The Kier molecular flexibility index (Phi) is 1.36. The molecule has 0 unspecified atom stereocenters. The molecule has 0 bridgehead atoms. The van der Waals surface area contributed by atoms with Crippen molar-refractivity contribution in [3.63, 3.8) is 0 Å². The first-order valence-corrected chi connectivity index (χ1v) is 3.37. The third-order valence-electron chi connectivity index (χ3n) is 1.57. The lowest BCUT2D eigenvalue weighted by molar-refractivity contribution is 0.394. The van der Waals surface area contributed by atoms with Gasteiger partial charge in [-0.2, -0.15) is 5.10 Å². The number of hydrogen-bond donors (Lipinski definition) is 1. The van der Waals surface area contributed by atoms with Crippen molar-refractivity contribution in [3.05, 3.63) is 18.6 Å². The second-order valence-electron chi connectivity index (χ2n) is 2.29. The van der Waals surface area contributed by atoms with E-state index in [9.17, 15) is 5.11 Å². The molecule has 0 spiro atoms. The van der Waals surface area contributed by atoms with E-state index in [-0.39, 0.29) is 5.75 Å². The second-order valence-corrected chi connectivity index (χ2v) is 2.29. The van der Waals surface area contributed by atoms with E-state index in [0.717, 1.165) is 0 Å². The molecule has 0 aromatic carbocycles. The van der Waals surface area contributed by atoms with Crippen LogP contribution in [0, 0.1) is 0 Å². The van der Waals surface area contributed by atoms with Crippen molar-refractivity contribution in [1.29, 1.82) is 0 Å². The van der Waals surface area contributed by atoms with Gasteiger partial charge in [0.15, 0.2) is 5.75 Å². The van der Waals surface area contributed by atoms with Gasteiger partial charge in [0.1, 0.15) is 5.52 Å². The Labute approximate surface area is 68.2 Å². The summed E-state index contributed by atoms with van der Waals surface area (Å²) >= 11 is 0. The minimum absolute atomic E-state index is 0.116. The maximum atomic E-state index is 9.21. The maximum Gasteiger partial charge on any atom is 0.232 e. The number of aromatic nitrogens is 3. The molecule has 2 aromatic rings. The first kappa shape index (κ1) is 6.90. The van der Waals surface area contributed by atoms with Gasteiger partial charge in [0, 0.05) is 0 Å². The van der Waals surface area contributed by atoms with Gasteiger partial charge in [-0.05, 0) is 0 Å². The average Bonchev–Trinajstić information content (AvgIpc) is 2.47. The molecule has 0 fully saturated rings. The van der Waals surface area contributed by atoms with Crippen molar-refractivity contribution >= 4 is 5.52 Å². The fourth-order valence-electron chi connectivity index (χ4n) is 0.959. The summed E-state index contributed by atoms with van der Waals surface area (Å²) in [5, 5.41) is 13.1. The van der Waals surface area contributed by atoms with Crippen LogP contribution >= 0.6 is 0 Å². The van der Waals surface area contributed by atoms with Crippen molar-refractivity contribution in [2.24, 2.45) is 0 Å². The van der Waals surface area contributed by atoms with Crippen LogP contribution in [0.25, 0.3) is 5.52 Å². The molecule has 0 aliphatic rings. The van der Waals surface area contributed by atoms with E-state index in [4.69, 9.17) is 4.74 Å². The van der Waals surface area contributed by atoms with Gasteiger partial charge in [-0.25, -0.2) is 9.50 Å². The fourth-order valence-corrected chi connectivity index (χ4v) is 0.959. The Balaban J connectivity index is 2.69. The zero-order valence-electron chi connectivity index (χ0n) is 6.43. The minimum atomic E-state index is 0.116. The summed E-state index contributed by atoms with van der Waals surface area (Å²) in [5.41, 5.74) is 0.566. The Morgan fingerprint density at radius 2 is 2.33 bits per heavy atom. The molecule has 0 aliphatic carbocycles. The highest BCUT2D eigenvalue weighted by molar-refractivity contribution is 5.56. The van der Waals surface area contributed by atoms with Crippen molar-refractivity contribution in [3.8, 4) is 11.6 Å². The van der Waals surface area contributed by atoms with E-state index in [1.54, 1.807) is 6.20 Å². The third-order valence-corrected chi connectivity index (χ3v) is 1.57. The normalized spacial score (nSPS) is 10.4. The summed E-state index contributed by atoms with van der Waals surface area (Å²) in [6.07, 6.45) is 4.45. The third kappa shape index (κ3) is 0.868. The highest BCUT2D eigenvalue weighted by Gasteiger charge is 2.02. The topological polar surface area (TPSA) is 59.7 Å². The highest BCUT2D eigenvalue weighted by Crippen LogP contribution is 2.17. The molecule has 0 radical (unpaired) electrons. The Morgan fingerprint density at radius 3 is 3.08 bits per heavy atom. The van der Waals surface area contributed by atoms with Crippen LogP contribution in [0.1, 0.15) is 0 Å². The monoisotopic (exact) mass is 165 g/mol. The van der Waals surface area contributed by atoms with Crippen molar-refractivity contribution in [1.82, 2.24) is 14.6 Å². The Bertz CT molecular complexity index is 410. The van der Waals surface area contributed by atoms with E-state index in [2.05, 4.69) is 10.1 Å². The van der Waals surface area contributed by atoms with Gasteiger partial charge in [0.05, 0.1) is 25.7 Å². The first-order valence-electron chi connectivity index (χ1n) is 3.37. The molecule has 5 heteroatoms. The zero-order chi connectivity index (χ0) is 8.55. The number of nitrogens with zero attached hydrogens (tertiary/aromatic N) is 3. The minimum Gasteiger partial charge on any atom is -0.504 e. The molecule has 0 saturated heterocycles. The van der Waals surface area contributed by atoms with E-state index in [1.165, 1.54) is 24.0 Å². The molecule has 12 heavy (non-hydrogen) atoms. The van der Waals surface area contributed by atoms with Gasteiger partial charge in [-0.3, -0.25) is 0 Å². The molecule has 0 aliphatic heterocycles. The van der Waals surface area contributed by atoms with Crippen LogP contribution in [-0.4, -0.2) is 26.8 Å². The summed E-state index contributed by atoms with van der Waals surface area (Å²) in [6, 6.07) is 0. The van der Waals surface area contributed by atoms with Crippen LogP contribution in [0.15, 0.2) is 18.6 Å². The lowest BCUT2D eigenvalue weighted by Gasteiger charge is -1.97. The molecule has 0 atom stereocenters. The summed E-state index contributed by atoms with van der Waals surface area (Å²) in [6.45, 7) is 0. The largest absolute Gasteiger partial charge is 0.504 e. The summed E-state index contributed by atoms with van der Waals surface area (Å²) in [7, 11) is 1.53. The number of rotatable bonds is 1. The molecule has 1 N–H and O–H groups in total. The van der Waals surface area contributed by atoms with Crippen LogP contribution < -0.4 is 4.74 Å². The predicted octanol–water partition coefficient (Wildman–Crippen LogP) is 0.443. The Morgan fingerprint density at radius 1 is 1.50 bits per heavy atom. The summed E-state index contributed by atoms with van der Waals surface area (Å²) in [4.78, 5) is 3.92. The molecular weight excluding hydrogens is 158 g/mol. The van der Waals surface area contributed by atoms with Gasteiger partial charge in [-0.15, -0.1) is 0 Å². The fraction of sp³-hybridized carbons (Fsp3) is 0.143. The van der Waals surface area contributed by atoms with E-state index in [0.29, 0.717) is 11.4 Å². The quantitative estimate of drug-likeness (QED) is 0.666. The van der Waals surface area contributed by atoms with Gasteiger partial charge < -0.3 is 9.84 Å². The van der Waals surface area contributed by atoms with E-state index in [1.807, 2.05) is 0 Å². The molecule has 0 saturated carbocycles. The van der Waals surface area contributed by atoms with Crippen molar-refractivity contribution in [2.75, 3.05) is 7.11 Å². The van der Waals surface area contributed by atoms with E-state index >= 15 is 0 Å². The molecule has 62 valence electrons. The highest BCUT2D eigenvalue weighted by atomic mass is 16.5. The van der Waals surface area contributed by atoms with Gasteiger partial charge in [0.25, 0.3) is 0 Å². The summed E-state index contributed by atoms with van der Waals surface area (Å²) < 4.78 is 6.38. The molecular formula is C7H7N3O2. The maximum absolute atomic E-state index is 9.21. The standard InChI is InChI=1S/C7H7N3O2/c1-12-7-4-10-5(2-8-7)6(11)3-9-10/h2-4,11H,1H3. The lowest BCUT2D eigenvalue weighted by Crippen LogP contribution is -1.92. The molecule has 2 rings (SSSR count). The lowest BCUT2D eigenvalue weighted by atomic mass is 10.5. The first-order chi connectivity index (χ1) is 5.81. The van der Waals surface area contributed by atoms with Crippen LogP contribution in [0.4, 0.5) is 0 Å². The van der Waals surface area contributed by atoms with Crippen molar-refractivity contribution < 1.29 is 9.84 Å². The average molecular weight is 165 g/mol.